The van der Waals surface area contributed by atoms with E-state index in [1.807, 2.05) is 0 Å². The number of allylic oxidation sites excluding steroid dienone is 1. The highest BCUT2D eigenvalue weighted by molar-refractivity contribution is 8.01. The van der Waals surface area contributed by atoms with Gasteiger partial charge >= 0.3 is 10.4 Å². The van der Waals surface area contributed by atoms with Crippen molar-refractivity contribution in [3.05, 3.63) is 11.5 Å². The Hall–Kier alpha value is -0.420. The molecule has 1 amide bonds. The first kappa shape index (κ1) is 23.6. The fourth-order valence-corrected chi connectivity index (χ4v) is 3.39. The number of hydroxylamine groups is 1. The standard InChI is InChI=1S/C12H21NO10S3/c1-25-4-2-3-6(11(18)13-23-26(19,20)21)12(24)10(17)9(16)8(15)7(5-14)22-12/h2,4,6-10,14-17,24H,3,5H2,1H3,(H,13,18)(H,19,20,21). The quantitative estimate of drug-likeness (QED) is 0.125. The van der Waals surface area contributed by atoms with Crippen molar-refractivity contribution in [2.45, 2.75) is 35.8 Å². The molecular formula is C12H21NO10S3. The molecule has 152 valence electrons. The number of hydrogen-bond acceptors (Lipinski definition) is 11. The normalized spacial score (nSPS) is 34.0. The van der Waals surface area contributed by atoms with Crippen molar-refractivity contribution in [2.75, 3.05) is 12.9 Å². The molecule has 6 N–H and O–H groups in total. The van der Waals surface area contributed by atoms with Gasteiger partial charge < -0.3 is 25.2 Å². The van der Waals surface area contributed by atoms with Gasteiger partial charge in [-0.05, 0) is 18.1 Å². The molecule has 14 heteroatoms. The number of aliphatic hydroxyl groups is 4. The summed E-state index contributed by atoms with van der Waals surface area (Å²) in [5.41, 5.74) is 1.49. The zero-order valence-electron chi connectivity index (χ0n) is 13.5. The van der Waals surface area contributed by atoms with Crippen molar-refractivity contribution in [3.63, 3.8) is 0 Å². The van der Waals surface area contributed by atoms with Gasteiger partial charge in [0.15, 0.2) is 4.93 Å². The van der Waals surface area contributed by atoms with Gasteiger partial charge in [0.1, 0.15) is 24.4 Å². The first-order chi connectivity index (χ1) is 12.0. The molecule has 1 aliphatic rings. The predicted molar refractivity (Wildman–Crippen MR) is 93.2 cm³/mol. The average molecular weight is 435 g/mol. The molecule has 1 aliphatic heterocycles. The van der Waals surface area contributed by atoms with Crippen molar-refractivity contribution < 1.29 is 47.2 Å². The number of hydrogen-bond donors (Lipinski definition) is 7. The third-order valence-electron chi connectivity index (χ3n) is 3.67. The van der Waals surface area contributed by atoms with E-state index in [2.05, 4.69) is 16.9 Å². The Bertz CT molecular complexity index is 612. The molecule has 0 aromatic carbocycles. The molecule has 0 aromatic heterocycles. The predicted octanol–water partition coefficient (Wildman–Crippen LogP) is -2.18. The van der Waals surface area contributed by atoms with E-state index in [4.69, 9.17) is 9.29 Å². The fraction of sp³-hybridized carbons (Fsp3) is 0.750. The lowest BCUT2D eigenvalue weighted by Crippen LogP contribution is -2.66. The molecule has 11 nitrogen and oxygen atoms in total. The van der Waals surface area contributed by atoms with Gasteiger partial charge in [-0.15, -0.1) is 28.7 Å². The zero-order chi connectivity index (χ0) is 20.1. The first-order valence-corrected chi connectivity index (χ1v) is 10.3. The number of rotatable bonds is 8. The van der Waals surface area contributed by atoms with E-state index in [1.165, 1.54) is 23.3 Å². The van der Waals surface area contributed by atoms with E-state index in [1.54, 1.807) is 11.7 Å². The van der Waals surface area contributed by atoms with Crippen molar-refractivity contribution >= 4 is 40.7 Å². The number of amides is 1. The Kier molecular flexibility index (Phi) is 8.79. The van der Waals surface area contributed by atoms with Crippen LogP contribution in [0.15, 0.2) is 11.5 Å². The molecule has 0 saturated carbocycles. The molecule has 0 radical (unpaired) electrons. The Morgan fingerprint density at radius 1 is 1.42 bits per heavy atom. The van der Waals surface area contributed by atoms with Crippen molar-refractivity contribution in [3.8, 4) is 0 Å². The minimum absolute atomic E-state index is 0.150. The Morgan fingerprint density at radius 2 is 2.04 bits per heavy atom. The van der Waals surface area contributed by atoms with Crippen LogP contribution in [0.3, 0.4) is 0 Å². The maximum absolute atomic E-state index is 12.3. The highest BCUT2D eigenvalue weighted by Crippen LogP contribution is 2.41. The second-order valence-electron chi connectivity index (χ2n) is 5.39. The first-order valence-electron chi connectivity index (χ1n) is 7.16. The molecule has 0 spiro atoms. The van der Waals surface area contributed by atoms with Gasteiger partial charge in [0.05, 0.1) is 12.5 Å². The summed E-state index contributed by atoms with van der Waals surface area (Å²) < 4.78 is 39.0. The minimum Gasteiger partial charge on any atom is -0.394 e. The van der Waals surface area contributed by atoms with Gasteiger partial charge in [0.2, 0.25) is 0 Å². The third kappa shape index (κ3) is 5.79. The number of thiol groups is 1. The summed E-state index contributed by atoms with van der Waals surface area (Å²) in [6.45, 7) is -0.746. The zero-order valence-corrected chi connectivity index (χ0v) is 16.0. The van der Waals surface area contributed by atoms with Gasteiger partial charge in [-0.25, -0.2) is 5.48 Å². The number of carbonyl (C=O) groups excluding carboxylic acids is 1. The van der Waals surface area contributed by atoms with Gasteiger partial charge in [-0.2, -0.15) is 8.42 Å². The van der Waals surface area contributed by atoms with Crippen molar-refractivity contribution in [2.24, 2.45) is 5.92 Å². The van der Waals surface area contributed by atoms with E-state index in [9.17, 15) is 33.6 Å². The summed E-state index contributed by atoms with van der Waals surface area (Å²) in [5.74, 6) is -2.59. The van der Waals surface area contributed by atoms with E-state index in [0.717, 1.165) is 0 Å². The van der Waals surface area contributed by atoms with Crippen LogP contribution in [-0.2, 0) is 24.2 Å². The lowest BCUT2D eigenvalue weighted by Gasteiger charge is -2.48. The summed E-state index contributed by atoms with van der Waals surface area (Å²) in [4.78, 5) is 10.2. The number of aliphatic hydroxyl groups excluding tert-OH is 4. The largest absolute Gasteiger partial charge is 0.418 e. The topological polar surface area (TPSA) is 183 Å². The Morgan fingerprint density at radius 3 is 2.54 bits per heavy atom. The molecule has 6 unspecified atom stereocenters. The van der Waals surface area contributed by atoms with Crippen LogP contribution in [0.5, 0.6) is 0 Å². The minimum atomic E-state index is -4.99. The summed E-state index contributed by atoms with van der Waals surface area (Å²) in [6, 6.07) is 0. The smallest absolute Gasteiger partial charge is 0.394 e. The van der Waals surface area contributed by atoms with Crippen LogP contribution in [0, 0.1) is 5.92 Å². The van der Waals surface area contributed by atoms with E-state index in [0.29, 0.717) is 0 Å². The van der Waals surface area contributed by atoms with Crippen molar-refractivity contribution in [1.29, 1.82) is 0 Å². The highest BCUT2D eigenvalue weighted by Gasteiger charge is 2.57. The molecule has 0 aliphatic carbocycles. The molecule has 1 heterocycles. The number of ether oxygens (including phenoxy) is 1. The maximum atomic E-state index is 12.3. The van der Waals surface area contributed by atoms with Gasteiger partial charge in [0.25, 0.3) is 5.91 Å². The van der Waals surface area contributed by atoms with Crippen molar-refractivity contribution in [1.82, 2.24) is 5.48 Å². The molecule has 6 atom stereocenters. The summed E-state index contributed by atoms with van der Waals surface area (Å²) in [5, 5.41) is 40.9. The van der Waals surface area contributed by atoms with Crippen LogP contribution in [-0.4, -0.2) is 81.5 Å². The lowest BCUT2D eigenvalue weighted by molar-refractivity contribution is -0.253. The molecule has 1 fully saturated rings. The molecule has 26 heavy (non-hydrogen) atoms. The second kappa shape index (κ2) is 9.68. The van der Waals surface area contributed by atoms with Crippen LogP contribution in [0.25, 0.3) is 0 Å². The van der Waals surface area contributed by atoms with Crippen LogP contribution >= 0.6 is 24.4 Å². The summed E-state index contributed by atoms with van der Waals surface area (Å²) in [6.07, 6.45) is -3.63. The van der Waals surface area contributed by atoms with Crippen LogP contribution in [0.4, 0.5) is 0 Å². The molecule has 1 rings (SSSR count). The van der Waals surface area contributed by atoms with E-state index in [-0.39, 0.29) is 6.42 Å². The van der Waals surface area contributed by atoms with Gasteiger partial charge in [0, 0.05) is 0 Å². The third-order valence-corrected chi connectivity index (χ3v) is 5.11. The fourth-order valence-electron chi connectivity index (χ4n) is 2.38. The Balaban J connectivity index is 3.16. The van der Waals surface area contributed by atoms with Gasteiger partial charge in [-0.1, -0.05) is 6.08 Å². The number of thioether (sulfide) groups is 1. The average Bonchev–Trinajstić information content (AvgIpc) is 2.57. The SMILES string of the molecule is CSC=CCC(C(=O)NOS(=O)(=O)O)C1(S)OC(CO)C(O)C(O)C1O. The van der Waals surface area contributed by atoms with Crippen LogP contribution in [0.1, 0.15) is 6.42 Å². The van der Waals surface area contributed by atoms with E-state index >= 15 is 0 Å². The molecule has 0 aromatic rings. The van der Waals surface area contributed by atoms with Crippen LogP contribution in [0.2, 0.25) is 0 Å². The number of nitrogens with one attached hydrogen (secondary N) is 1. The number of carbonyl (C=O) groups is 1. The Labute approximate surface area is 159 Å². The lowest BCUT2D eigenvalue weighted by atomic mass is 9.85. The molecule has 1 saturated heterocycles. The monoisotopic (exact) mass is 435 g/mol. The summed E-state index contributed by atoms with van der Waals surface area (Å²) in [7, 11) is -4.99. The highest BCUT2D eigenvalue weighted by atomic mass is 32.3. The van der Waals surface area contributed by atoms with E-state index < -0.39 is 58.2 Å². The summed E-state index contributed by atoms with van der Waals surface area (Å²) >= 11 is 5.42. The van der Waals surface area contributed by atoms with Crippen LogP contribution < -0.4 is 5.48 Å². The second-order valence-corrected chi connectivity index (χ2v) is 7.85. The molecular weight excluding hydrogens is 414 g/mol. The van der Waals surface area contributed by atoms with Gasteiger partial charge in [-0.3, -0.25) is 9.35 Å². The maximum Gasteiger partial charge on any atom is 0.418 e. The molecule has 0 bridgehead atoms.